The van der Waals surface area contributed by atoms with Gasteiger partial charge in [0, 0.05) is 30.6 Å². The van der Waals surface area contributed by atoms with E-state index in [4.69, 9.17) is 14.6 Å². The standard InChI is InChI=1S/C22H23F2NO5/c1-29-20-10-19(24)18(23)9-17(20)15-4-6-16(7-5-15)30-13-14-3-2-8-25(12-14)21(26)11-22(27)28/h4-7,9-10,14H,2-3,8,11-13H2,1H3,(H,27,28)/t14-/m0/s1. The number of carboxylic acids is 1. The van der Waals surface area contributed by atoms with Crippen molar-refractivity contribution < 1.29 is 33.0 Å². The number of methoxy groups -OCH3 is 1. The van der Waals surface area contributed by atoms with Crippen molar-refractivity contribution in [1.82, 2.24) is 4.90 Å². The van der Waals surface area contributed by atoms with Crippen LogP contribution in [0.3, 0.4) is 0 Å². The Morgan fingerprint density at radius 2 is 1.87 bits per heavy atom. The third-order valence-electron chi connectivity index (χ3n) is 5.07. The van der Waals surface area contributed by atoms with Crippen LogP contribution in [0, 0.1) is 17.6 Å². The highest BCUT2D eigenvalue weighted by Crippen LogP contribution is 2.33. The van der Waals surface area contributed by atoms with Crippen LogP contribution in [0.2, 0.25) is 0 Å². The number of carboxylic acid groups (broad SMARTS) is 1. The molecular formula is C22H23F2NO5. The fraction of sp³-hybridized carbons (Fsp3) is 0.364. The van der Waals surface area contributed by atoms with Crippen LogP contribution in [-0.2, 0) is 9.59 Å². The smallest absolute Gasteiger partial charge is 0.312 e. The van der Waals surface area contributed by atoms with E-state index in [0.29, 0.717) is 36.6 Å². The fourth-order valence-electron chi connectivity index (χ4n) is 3.54. The van der Waals surface area contributed by atoms with E-state index in [-0.39, 0.29) is 17.6 Å². The number of likely N-dealkylation sites (tertiary alicyclic amines) is 1. The van der Waals surface area contributed by atoms with Crippen molar-refractivity contribution in [3.8, 4) is 22.6 Å². The Morgan fingerprint density at radius 1 is 1.17 bits per heavy atom. The average Bonchev–Trinajstić information content (AvgIpc) is 2.74. The monoisotopic (exact) mass is 419 g/mol. The first kappa shape index (κ1) is 21.5. The molecule has 1 amide bonds. The first-order valence-corrected chi connectivity index (χ1v) is 9.63. The molecule has 30 heavy (non-hydrogen) atoms. The normalized spacial score (nSPS) is 16.2. The minimum absolute atomic E-state index is 0.113. The highest BCUT2D eigenvalue weighted by atomic mass is 19.2. The maximum atomic E-state index is 13.6. The van der Waals surface area contributed by atoms with Crippen molar-refractivity contribution in [3.05, 3.63) is 48.0 Å². The van der Waals surface area contributed by atoms with Gasteiger partial charge in [0.15, 0.2) is 11.6 Å². The summed E-state index contributed by atoms with van der Waals surface area (Å²) >= 11 is 0. The Morgan fingerprint density at radius 3 is 2.53 bits per heavy atom. The number of amides is 1. The Balaban J connectivity index is 1.61. The number of ether oxygens (including phenoxy) is 2. The van der Waals surface area contributed by atoms with Crippen LogP contribution in [0.5, 0.6) is 11.5 Å². The zero-order chi connectivity index (χ0) is 21.7. The van der Waals surface area contributed by atoms with Crippen LogP contribution in [0.4, 0.5) is 8.78 Å². The van der Waals surface area contributed by atoms with E-state index < -0.39 is 24.0 Å². The van der Waals surface area contributed by atoms with E-state index in [1.165, 1.54) is 7.11 Å². The molecule has 1 fully saturated rings. The van der Waals surface area contributed by atoms with Gasteiger partial charge in [-0.3, -0.25) is 9.59 Å². The molecule has 1 N–H and O–H groups in total. The molecule has 2 aromatic carbocycles. The van der Waals surface area contributed by atoms with Crippen molar-refractivity contribution in [2.24, 2.45) is 5.92 Å². The summed E-state index contributed by atoms with van der Waals surface area (Å²) in [6.45, 7) is 1.42. The number of carbonyl (C=O) groups excluding carboxylic acids is 1. The molecule has 0 radical (unpaired) electrons. The van der Waals surface area contributed by atoms with Crippen LogP contribution < -0.4 is 9.47 Å². The van der Waals surface area contributed by atoms with E-state index in [1.807, 2.05) is 0 Å². The molecule has 1 saturated heterocycles. The summed E-state index contributed by atoms with van der Waals surface area (Å²) in [5.41, 5.74) is 1.09. The molecule has 0 aromatic heterocycles. The number of carbonyl (C=O) groups is 2. The summed E-state index contributed by atoms with van der Waals surface area (Å²) in [4.78, 5) is 24.2. The van der Waals surface area contributed by atoms with Crippen molar-refractivity contribution >= 4 is 11.9 Å². The summed E-state index contributed by atoms with van der Waals surface area (Å²) in [6, 6.07) is 9.02. The predicted octanol–water partition coefficient (Wildman–Crippen LogP) is 3.73. The summed E-state index contributed by atoms with van der Waals surface area (Å²) in [5.74, 6) is -2.48. The van der Waals surface area contributed by atoms with Crippen LogP contribution in [-0.4, -0.2) is 48.7 Å². The van der Waals surface area contributed by atoms with Gasteiger partial charge >= 0.3 is 5.97 Å². The molecule has 2 aromatic rings. The molecule has 1 aliphatic heterocycles. The van der Waals surface area contributed by atoms with Crippen molar-refractivity contribution in [3.63, 3.8) is 0 Å². The SMILES string of the molecule is COc1cc(F)c(F)cc1-c1ccc(OC[C@H]2CCCN(C(=O)CC(=O)O)C2)cc1. The highest BCUT2D eigenvalue weighted by molar-refractivity contribution is 5.93. The average molecular weight is 419 g/mol. The number of hydrogen-bond donors (Lipinski definition) is 1. The van der Waals surface area contributed by atoms with Gasteiger partial charge in [0.2, 0.25) is 5.91 Å². The van der Waals surface area contributed by atoms with Gasteiger partial charge in [-0.1, -0.05) is 12.1 Å². The Labute approximate surface area is 173 Å². The van der Waals surface area contributed by atoms with Crippen molar-refractivity contribution in [2.45, 2.75) is 19.3 Å². The molecular weight excluding hydrogens is 396 g/mol. The van der Waals surface area contributed by atoms with E-state index in [9.17, 15) is 18.4 Å². The Bertz CT molecular complexity index is 916. The van der Waals surface area contributed by atoms with Gasteiger partial charge in [0.05, 0.1) is 13.7 Å². The number of rotatable bonds is 7. The molecule has 0 bridgehead atoms. The molecule has 8 heteroatoms. The lowest BCUT2D eigenvalue weighted by molar-refractivity contribution is -0.145. The maximum absolute atomic E-state index is 13.6. The van der Waals surface area contributed by atoms with E-state index in [0.717, 1.165) is 25.0 Å². The second-order valence-corrected chi connectivity index (χ2v) is 7.22. The van der Waals surface area contributed by atoms with Gasteiger partial charge in [-0.05, 0) is 36.6 Å². The topological polar surface area (TPSA) is 76.1 Å². The van der Waals surface area contributed by atoms with Gasteiger partial charge < -0.3 is 19.5 Å². The molecule has 1 heterocycles. The number of benzene rings is 2. The van der Waals surface area contributed by atoms with Gasteiger partial charge in [0.1, 0.15) is 17.9 Å². The maximum Gasteiger partial charge on any atom is 0.312 e. The molecule has 0 saturated carbocycles. The van der Waals surface area contributed by atoms with Gasteiger partial charge in [0.25, 0.3) is 0 Å². The van der Waals surface area contributed by atoms with E-state index in [2.05, 4.69) is 0 Å². The van der Waals surface area contributed by atoms with E-state index >= 15 is 0 Å². The number of hydrogen-bond acceptors (Lipinski definition) is 4. The second kappa shape index (κ2) is 9.56. The number of aliphatic carboxylic acids is 1. The zero-order valence-electron chi connectivity index (χ0n) is 16.6. The molecule has 6 nitrogen and oxygen atoms in total. The first-order chi connectivity index (χ1) is 14.4. The molecule has 1 aliphatic rings. The highest BCUT2D eigenvalue weighted by Gasteiger charge is 2.25. The van der Waals surface area contributed by atoms with Gasteiger partial charge in [-0.2, -0.15) is 0 Å². The summed E-state index contributed by atoms with van der Waals surface area (Å²) in [7, 11) is 1.39. The lowest BCUT2D eigenvalue weighted by Gasteiger charge is -2.32. The zero-order valence-corrected chi connectivity index (χ0v) is 16.6. The molecule has 0 aliphatic carbocycles. The van der Waals surface area contributed by atoms with Gasteiger partial charge in [-0.25, -0.2) is 8.78 Å². The van der Waals surface area contributed by atoms with Crippen LogP contribution in [0.25, 0.3) is 11.1 Å². The Hall–Kier alpha value is -3.16. The second-order valence-electron chi connectivity index (χ2n) is 7.22. The molecule has 0 spiro atoms. The predicted molar refractivity (Wildman–Crippen MR) is 105 cm³/mol. The third-order valence-corrected chi connectivity index (χ3v) is 5.07. The third kappa shape index (κ3) is 5.25. The number of nitrogens with zero attached hydrogens (tertiary/aromatic N) is 1. The summed E-state index contributed by atoms with van der Waals surface area (Å²) in [5, 5.41) is 8.78. The molecule has 3 rings (SSSR count). The molecule has 0 unspecified atom stereocenters. The first-order valence-electron chi connectivity index (χ1n) is 9.63. The minimum Gasteiger partial charge on any atom is -0.496 e. The van der Waals surface area contributed by atoms with Crippen LogP contribution >= 0.6 is 0 Å². The lowest BCUT2D eigenvalue weighted by Crippen LogP contribution is -2.42. The largest absolute Gasteiger partial charge is 0.496 e. The quantitative estimate of drug-likeness (QED) is 0.692. The van der Waals surface area contributed by atoms with Crippen LogP contribution in [0.1, 0.15) is 19.3 Å². The van der Waals surface area contributed by atoms with E-state index in [1.54, 1.807) is 29.2 Å². The number of halogens is 2. The fourth-order valence-corrected chi connectivity index (χ4v) is 3.54. The lowest BCUT2D eigenvalue weighted by atomic mass is 9.98. The molecule has 1 atom stereocenters. The molecule has 160 valence electrons. The Kier molecular flexibility index (Phi) is 6.87. The van der Waals surface area contributed by atoms with Gasteiger partial charge in [-0.15, -0.1) is 0 Å². The van der Waals surface area contributed by atoms with Crippen LogP contribution in [0.15, 0.2) is 36.4 Å². The van der Waals surface area contributed by atoms with Crippen molar-refractivity contribution in [1.29, 1.82) is 0 Å². The summed E-state index contributed by atoms with van der Waals surface area (Å²) < 4.78 is 38.0. The minimum atomic E-state index is -1.13. The number of piperidine rings is 1. The summed E-state index contributed by atoms with van der Waals surface area (Å²) in [6.07, 6.45) is 1.19. The van der Waals surface area contributed by atoms with Crippen molar-refractivity contribution in [2.75, 3.05) is 26.8 Å².